The van der Waals surface area contributed by atoms with Gasteiger partial charge < -0.3 is 25.0 Å². The first-order valence-corrected chi connectivity index (χ1v) is 11.5. The number of hydrogen-bond donors (Lipinski definition) is 2. The predicted molar refractivity (Wildman–Crippen MR) is 123 cm³/mol. The van der Waals surface area contributed by atoms with Gasteiger partial charge in [-0.15, -0.1) is 0 Å². The Kier molecular flexibility index (Phi) is 7.55. The van der Waals surface area contributed by atoms with Crippen LogP contribution < -0.4 is 15.0 Å². The Balaban J connectivity index is 1.17. The monoisotopic (exact) mass is 439 g/mol. The first-order valence-electron chi connectivity index (χ1n) is 11.5. The molecule has 0 spiro atoms. The van der Waals surface area contributed by atoms with Crippen LogP contribution in [-0.4, -0.2) is 70.8 Å². The fourth-order valence-corrected chi connectivity index (χ4v) is 4.44. The highest BCUT2D eigenvalue weighted by Gasteiger charge is 2.33. The normalized spacial score (nSPS) is 21.2. The number of aromatic nitrogens is 2. The number of β-amino-alcohol motifs (C(OH)–C–C–N with tert-alkyl or cyclic N) is 1. The molecule has 2 aliphatic rings. The molecule has 0 bridgehead atoms. The number of benzene rings is 1. The third-order valence-corrected chi connectivity index (χ3v) is 6.15. The van der Waals surface area contributed by atoms with Crippen molar-refractivity contribution in [2.75, 3.05) is 44.2 Å². The molecule has 0 unspecified atom stereocenters. The molecule has 2 aliphatic heterocycles. The van der Waals surface area contributed by atoms with Gasteiger partial charge >= 0.3 is 0 Å². The molecule has 8 nitrogen and oxygen atoms in total. The van der Waals surface area contributed by atoms with E-state index in [1.165, 1.54) is 0 Å². The van der Waals surface area contributed by atoms with E-state index >= 15 is 0 Å². The lowest BCUT2D eigenvalue weighted by molar-refractivity contribution is -0.127. The molecule has 0 radical (unpaired) electrons. The zero-order chi connectivity index (χ0) is 22.2. The smallest absolute Gasteiger partial charge is 0.222 e. The highest BCUT2D eigenvalue weighted by molar-refractivity contribution is 5.77. The van der Waals surface area contributed by atoms with Gasteiger partial charge in [0.2, 0.25) is 5.91 Å². The minimum atomic E-state index is -0.782. The van der Waals surface area contributed by atoms with Gasteiger partial charge in [0.05, 0.1) is 18.4 Å². The Hall–Kier alpha value is -2.71. The lowest BCUT2D eigenvalue weighted by Crippen LogP contribution is -2.53. The molecule has 2 aromatic rings. The van der Waals surface area contributed by atoms with Crippen molar-refractivity contribution in [1.82, 2.24) is 20.2 Å². The van der Waals surface area contributed by atoms with E-state index < -0.39 is 5.60 Å². The number of nitrogens with one attached hydrogen (secondary N) is 1. The molecule has 0 aliphatic carbocycles. The summed E-state index contributed by atoms with van der Waals surface area (Å²) in [5.74, 6) is 1.92. The number of carbonyl (C=O) groups is 1. The molecule has 32 heavy (non-hydrogen) atoms. The predicted octanol–water partition coefficient (Wildman–Crippen LogP) is 1.99. The van der Waals surface area contributed by atoms with Crippen LogP contribution in [0.25, 0.3) is 0 Å². The van der Waals surface area contributed by atoms with Crippen LogP contribution in [0.4, 0.5) is 5.82 Å². The average molecular weight is 440 g/mol. The summed E-state index contributed by atoms with van der Waals surface area (Å²) < 4.78 is 5.81. The van der Waals surface area contributed by atoms with Crippen LogP contribution in [0, 0.1) is 0 Å². The van der Waals surface area contributed by atoms with E-state index in [2.05, 4.69) is 20.2 Å². The van der Waals surface area contributed by atoms with E-state index in [0.717, 1.165) is 62.4 Å². The fraction of sp³-hybridized carbons (Fsp3) is 0.542. The van der Waals surface area contributed by atoms with Crippen molar-refractivity contribution in [2.45, 2.75) is 44.2 Å². The molecule has 1 atom stereocenters. The second-order valence-corrected chi connectivity index (χ2v) is 8.75. The highest BCUT2D eigenvalue weighted by atomic mass is 16.5. The van der Waals surface area contributed by atoms with Crippen LogP contribution in [-0.2, 0) is 11.3 Å². The molecule has 3 heterocycles. The lowest BCUT2D eigenvalue weighted by Gasteiger charge is -2.39. The minimum Gasteiger partial charge on any atom is -0.494 e. The van der Waals surface area contributed by atoms with Crippen molar-refractivity contribution in [2.24, 2.45) is 0 Å². The van der Waals surface area contributed by atoms with Gasteiger partial charge in [0.15, 0.2) is 0 Å². The summed E-state index contributed by atoms with van der Waals surface area (Å²) in [4.78, 5) is 24.1. The van der Waals surface area contributed by atoms with Gasteiger partial charge in [0.25, 0.3) is 0 Å². The number of piperidine rings is 1. The van der Waals surface area contributed by atoms with Gasteiger partial charge in [0.1, 0.15) is 11.6 Å². The molecule has 8 heteroatoms. The summed E-state index contributed by atoms with van der Waals surface area (Å²) >= 11 is 0. The van der Waals surface area contributed by atoms with E-state index in [-0.39, 0.29) is 5.91 Å². The summed E-state index contributed by atoms with van der Waals surface area (Å²) in [5, 5.41) is 14.4. The van der Waals surface area contributed by atoms with E-state index in [9.17, 15) is 9.90 Å². The van der Waals surface area contributed by atoms with Gasteiger partial charge in [-0.05, 0) is 43.4 Å². The van der Waals surface area contributed by atoms with Crippen molar-refractivity contribution in [3.8, 4) is 5.75 Å². The molecular formula is C24H33N5O3. The van der Waals surface area contributed by atoms with Gasteiger partial charge in [0, 0.05) is 58.1 Å². The summed E-state index contributed by atoms with van der Waals surface area (Å²) in [6, 6.07) is 8.04. The molecular weight excluding hydrogens is 406 g/mol. The second-order valence-electron chi connectivity index (χ2n) is 8.75. The Labute approximate surface area is 189 Å². The zero-order valence-corrected chi connectivity index (χ0v) is 18.6. The number of likely N-dealkylation sites (tertiary alicyclic amines) is 1. The summed E-state index contributed by atoms with van der Waals surface area (Å²) in [5.41, 5.74) is 0.362. The molecule has 0 saturated carbocycles. The molecule has 172 valence electrons. The Morgan fingerprint density at radius 1 is 1.16 bits per heavy atom. The number of rotatable bonds is 10. The third-order valence-electron chi connectivity index (χ3n) is 6.15. The Morgan fingerprint density at radius 2 is 2.03 bits per heavy atom. The molecule has 1 amide bonds. The van der Waals surface area contributed by atoms with Crippen LogP contribution >= 0.6 is 0 Å². The van der Waals surface area contributed by atoms with E-state index in [0.29, 0.717) is 32.7 Å². The largest absolute Gasteiger partial charge is 0.494 e. The first-order chi connectivity index (χ1) is 15.6. The number of amides is 1. The maximum Gasteiger partial charge on any atom is 0.222 e. The average Bonchev–Trinajstić information content (AvgIpc) is 3.23. The third kappa shape index (κ3) is 6.17. The van der Waals surface area contributed by atoms with Crippen LogP contribution in [0.1, 0.15) is 37.7 Å². The number of carbonyl (C=O) groups excluding carboxylic acids is 1. The first kappa shape index (κ1) is 22.5. The summed E-state index contributed by atoms with van der Waals surface area (Å²) in [6.45, 7) is 4.91. The van der Waals surface area contributed by atoms with Gasteiger partial charge in [-0.3, -0.25) is 9.78 Å². The van der Waals surface area contributed by atoms with E-state index in [4.69, 9.17) is 4.74 Å². The molecule has 1 aromatic heterocycles. The van der Waals surface area contributed by atoms with Crippen LogP contribution in [0.2, 0.25) is 0 Å². The zero-order valence-electron chi connectivity index (χ0n) is 18.6. The summed E-state index contributed by atoms with van der Waals surface area (Å²) in [7, 11) is 0. The van der Waals surface area contributed by atoms with Crippen molar-refractivity contribution in [3.63, 3.8) is 0 Å². The maximum atomic E-state index is 11.6. The molecule has 2 saturated heterocycles. The Bertz CT molecular complexity index is 864. The number of aliphatic hydroxyl groups is 1. The molecule has 2 fully saturated rings. The number of ether oxygens (including phenoxy) is 1. The molecule has 2 N–H and O–H groups in total. The number of nitrogens with zero attached hydrogens (tertiary/aromatic N) is 4. The van der Waals surface area contributed by atoms with Crippen molar-refractivity contribution in [3.05, 3.63) is 48.4 Å². The van der Waals surface area contributed by atoms with Gasteiger partial charge in [-0.25, -0.2) is 4.98 Å². The second kappa shape index (κ2) is 10.7. The molecule has 4 rings (SSSR count). The van der Waals surface area contributed by atoms with Crippen molar-refractivity contribution in [1.29, 1.82) is 0 Å². The van der Waals surface area contributed by atoms with Gasteiger partial charge in [-0.2, -0.15) is 0 Å². The lowest BCUT2D eigenvalue weighted by atomic mass is 9.92. The minimum absolute atomic E-state index is 0.265. The molecule has 1 aromatic carbocycles. The fourth-order valence-electron chi connectivity index (χ4n) is 4.44. The van der Waals surface area contributed by atoms with Crippen LogP contribution in [0.15, 0.2) is 42.9 Å². The van der Waals surface area contributed by atoms with Crippen molar-refractivity contribution < 1.29 is 14.6 Å². The quantitative estimate of drug-likeness (QED) is 0.547. The maximum absolute atomic E-state index is 11.6. The number of anilines is 1. The summed E-state index contributed by atoms with van der Waals surface area (Å²) in [6.07, 6.45) is 9.30. The van der Waals surface area contributed by atoms with E-state index in [1.54, 1.807) is 18.6 Å². The Morgan fingerprint density at radius 3 is 2.78 bits per heavy atom. The van der Waals surface area contributed by atoms with Crippen LogP contribution in [0.3, 0.4) is 0 Å². The van der Waals surface area contributed by atoms with Gasteiger partial charge in [-0.1, -0.05) is 12.1 Å². The highest BCUT2D eigenvalue weighted by Crippen LogP contribution is 2.24. The van der Waals surface area contributed by atoms with Crippen LogP contribution in [0.5, 0.6) is 5.75 Å². The SMILES string of the molecule is O=C1CCCN1CCCOc1ccc(CNC[C@]2(O)CCCN(c3cnccn3)C2)cc1. The van der Waals surface area contributed by atoms with Crippen molar-refractivity contribution >= 4 is 11.7 Å². The van der Waals surface area contributed by atoms with E-state index in [1.807, 2.05) is 29.2 Å². The standard InChI is InChI=1S/C24H33N5O3/c30-23-4-1-12-28(23)14-3-15-32-21-7-5-20(6-8-21)16-26-18-24(31)9-2-13-29(19-24)22-17-25-10-11-27-22/h5-8,10-11,17,26,31H,1-4,9,12-16,18-19H2/t24-/m1/s1. The number of hydrogen-bond acceptors (Lipinski definition) is 7. The topological polar surface area (TPSA) is 90.8 Å².